The molecule has 0 saturated heterocycles. The van der Waals surface area contributed by atoms with E-state index in [4.69, 9.17) is 27.7 Å². The first-order valence-electron chi connectivity index (χ1n) is 12.2. The maximum Gasteiger partial charge on any atom is 0.263 e. The van der Waals surface area contributed by atoms with Gasteiger partial charge in [0.05, 0.1) is 16.1 Å². The lowest BCUT2D eigenvalue weighted by atomic mass is 9.92. The molecule has 0 atom stereocenters. The number of hydrogen-bond donors (Lipinski definition) is 0. The largest absolute Gasteiger partial charge is 0.334 e. The average Bonchev–Trinajstić information content (AvgIpc) is 3.51. The Labute approximate surface area is 238 Å². The summed E-state index contributed by atoms with van der Waals surface area (Å²) in [5.41, 5.74) is 0.281. The lowest BCUT2D eigenvalue weighted by Gasteiger charge is -2.17. The molecule has 0 N–H and O–H groups in total. The van der Waals surface area contributed by atoms with E-state index in [0.29, 0.717) is 41.7 Å². The van der Waals surface area contributed by atoms with Gasteiger partial charge in [0.2, 0.25) is 0 Å². The Balaban J connectivity index is 1.35. The Morgan fingerprint density at radius 1 is 0.950 bits per heavy atom. The molecule has 208 valence electrons. The van der Waals surface area contributed by atoms with Crippen LogP contribution in [0.2, 0.25) is 10.0 Å². The smallest absolute Gasteiger partial charge is 0.263 e. The van der Waals surface area contributed by atoms with Gasteiger partial charge in [0, 0.05) is 40.6 Å². The van der Waals surface area contributed by atoms with Crippen LogP contribution >= 0.6 is 23.2 Å². The highest BCUT2D eigenvalue weighted by Gasteiger charge is 2.52. The van der Waals surface area contributed by atoms with Gasteiger partial charge in [-0.1, -0.05) is 47.4 Å². The normalized spacial score (nSPS) is 14.3. The monoisotopic (exact) mass is 608 g/mol. The summed E-state index contributed by atoms with van der Waals surface area (Å²) in [7, 11) is -3.33. The Kier molecular flexibility index (Phi) is 7.54. The molecule has 0 spiro atoms. The molecule has 6 nitrogen and oxygen atoms in total. The van der Waals surface area contributed by atoms with Crippen LogP contribution < -0.4 is 0 Å². The molecule has 4 aromatic rings. The highest BCUT2D eigenvalue weighted by Crippen LogP contribution is 2.56. The van der Waals surface area contributed by atoms with Crippen LogP contribution in [0.15, 0.2) is 57.9 Å². The predicted molar refractivity (Wildman–Crippen MR) is 143 cm³/mol. The number of halogens is 5. The number of carbonyl (C=O) groups is 1. The minimum atomic E-state index is -3.33. The number of ketones is 1. The first-order valence-corrected chi connectivity index (χ1v) is 14.7. The molecular formula is C28H21Cl2F3N2O4S. The molecule has 1 aliphatic carbocycles. The standard InChI is InChI=1S/C28H21Cl2F3N2O4S/c1-2-40(37,38)19-5-3-15(4-6-19)9-18(36)10-16-11-20(29)25(21(30)12-16)28(7-8-28)27-34-26(39-35-27)24-22(32)13-17(31)14-23(24)33/h3-6,11-14H,2,7-10H2,1H3. The van der Waals surface area contributed by atoms with Crippen LogP contribution in [-0.4, -0.2) is 30.1 Å². The molecular weight excluding hydrogens is 588 g/mol. The second-order valence-electron chi connectivity index (χ2n) is 9.62. The van der Waals surface area contributed by atoms with Crippen molar-refractivity contribution in [3.05, 3.63) is 98.5 Å². The molecule has 1 saturated carbocycles. The third-order valence-electron chi connectivity index (χ3n) is 6.87. The van der Waals surface area contributed by atoms with E-state index in [0.717, 1.165) is 0 Å². The number of benzene rings is 3. The summed E-state index contributed by atoms with van der Waals surface area (Å²) in [5, 5.41) is 4.45. The number of aromatic nitrogens is 2. The fourth-order valence-electron chi connectivity index (χ4n) is 4.66. The maximum atomic E-state index is 14.2. The van der Waals surface area contributed by atoms with Gasteiger partial charge < -0.3 is 4.52 Å². The summed E-state index contributed by atoms with van der Waals surface area (Å²) in [5.74, 6) is -3.87. The number of Topliss-reactive ketones (excluding diaryl/α,β-unsaturated/α-hetero) is 1. The molecule has 40 heavy (non-hydrogen) atoms. The van der Waals surface area contributed by atoms with Gasteiger partial charge in [-0.15, -0.1) is 0 Å². The van der Waals surface area contributed by atoms with Crippen LogP contribution in [0.5, 0.6) is 0 Å². The first kappa shape index (κ1) is 28.3. The van der Waals surface area contributed by atoms with E-state index >= 15 is 0 Å². The molecule has 12 heteroatoms. The van der Waals surface area contributed by atoms with Gasteiger partial charge in [-0.05, 0) is 48.2 Å². The Morgan fingerprint density at radius 2 is 1.52 bits per heavy atom. The molecule has 3 aromatic carbocycles. The predicted octanol–water partition coefficient (Wildman–Crippen LogP) is 6.69. The Hall–Kier alpha value is -3.21. The SMILES string of the molecule is CCS(=O)(=O)c1ccc(CC(=O)Cc2cc(Cl)c(C3(c4noc(-c5c(F)cc(F)cc5F)n4)CC3)c(Cl)c2)cc1. The highest BCUT2D eigenvalue weighted by atomic mass is 35.5. The molecule has 0 unspecified atom stereocenters. The quantitative estimate of drug-likeness (QED) is 0.210. The zero-order valence-corrected chi connectivity index (χ0v) is 23.3. The van der Waals surface area contributed by atoms with Gasteiger partial charge in [0.15, 0.2) is 15.7 Å². The molecule has 0 radical (unpaired) electrons. The summed E-state index contributed by atoms with van der Waals surface area (Å²) in [6.07, 6.45) is 1.22. The number of rotatable bonds is 9. The van der Waals surface area contributed by atoms with Crippen molar-refractivity contribution in [1.82, 2.24) is 10.1 Å². The molecule has 0 amide bonds. The van der Waals surface area contributed by atoms with E-state index < -0.39 is 44.2 Å². The van der Waals surface area contributed by atoms with E-state index in [1.54, 1.807) is 31.2 Å². The van der Waals surface area contributed by atoms with Crippen molar-refractivity contribution >= 4 is 38.8 Å². The maximum absolute atomic E-state index is 14.2. The fraction of sp³-hybridized carbons (Fsp3) is 0.250. The van der Waals surface area contributed by atoms with Gasteiger partial charge in [-0.25, -0.2) is 21.6 Å². The highest BCUT2D eigenvalue weighted by molar-refractivity contribution is 7.91. The molecule has 5 rings (SSSR count). The fourth-order valence-corrected chi connectivity index (χ4v) is 6.44. The second kappa shape index (κ2) is 10.6. The van der Waals surface area contributed by atoms with Crippen LogP contribution in [0.3, 0.4) is 0 Å². The third-order valence-corrected chi connectivity index (χ3v) is 9.22. The van der Waals surface area contributed by atoms with Gasteiger partial charge in [-0.2, -0.15) is 4.98 Å². The lowest BCUT2D eigenvalue weighted by molar-refractivity contribution is -0.117. The van der Waals surface area contributed by atoms with Gasteiger partial charge in [-0.3, -0.25) is 4.79 Å². The van der Waals surface area contributed by atoms with Gasteiger partial charge in [0.1, 0.15) is 28.8 Å². The van der Waals surface area contributed by atoms with Gasteiger partial charge >= 0.3 is 0 Å². The van der Waals surface area contributed by atoms with Crippen LogP contribution in [-0.2, 0) is 32.9 Å². The minimum absolute atomic E-state index is 0.0106. The minimum Gasteiger partial charge on any atom is -0.334 e. The lowest BCUT2D eigenvalue weighted by Crippen LogP contribution is -2.14. The molecule has 1 aromatic heterocycles. The zero-order chi connectivity index (χ0) is 28.8. The summed E-state index contributed by atoms with van der Waals surface area (Å²) < 4.78 is 70.9. The molecule has 1 fully saturated rings. The number of hydrogen-bond acceptors (Lipinski definition) is 6. The van der Waals surface area contributed by atoms with Crippen LogP contribution in [0.25, 0.3) is 11.5 Å². The molecule has 0 aliphatic heterocycles. The zero-order valence-electron chi connectivity index (χ0n) is 21.0. The van der Waals surface area contributed by atoms with Crippen molar-refractivity contribution in [3.8, 4) is 11.5 Å². The van der Waals surface area contributed by atoms with Crippen molar-refractivity contribution in [2.24, 2.45) is 0 Å². The van der Waals surface area contributed by atoms with Crippen molar-refractivity contribution in [3.63, 3.8) is 0 Å². The Bertz CT molecular complexity index is 1690. The van der Waals surface area contributed by atoms with Gasteiger partial charge in [0.25, 0.3) is 5.89 Å². The van der Waals surface area contributed by atoms with Crippen LogP contribution in [0.4, 0.5) is 13.2 Å². The average molecular weight is 609 g/mol. The topological polar surface area (TPSA) is 90.1 Å². The van der Waals surface area contributed by atoms with Crippen LogP contribution in [0, 0.1) is 17.5 Å². The summed E-state index contributed by atoms with van der Waals surface area (Å²) in [6.45, 7) is 1.56. The number of carbonyl (C=O) groups excluding carboxylic acids is 1. The van der Waals surface area contributed by atoms with E-state index in [9.17, 15) is 26.4 Å². The number of nitrogens with zero attached hydrogens (tertiary/aromatic N) is 2. The van der Waals surface area contributed by atoms with E-state index in [-0.39, 0.29) is 45.1 Å². The van der Waals surface area contributed by atoms with Crippen molar-refractivity contribution in [2.45, 2.75) is 42.9 Å². The third kappa shape index (κ3) is 5.40. The van der Waals surface area contributed by atoms with Crippen LogP contribution in [0.1, 0.15) is 42.3 Å². The summed E-state index contributed by atoms with van der Waals surface area (Å²) in [6, 6.07) is 10.5. The second-order valence-corrected chi connectivity index (χ2v) is 12.7. The Morgan fingerprint density at radius 3 is 2.08 bits per heavy atom. The molecule has 1 heterocycles. The first-order chi connectivity index (χ1) is 18.9. The van der Waals surface area contributed by atoms with Crippen molar-refractivity contribution < 1.29 is 30.9 Å². The molecule has 1 aliphatic rings. The number of sulfone groups is 1. The van der Waals surface area contributed by atoms with E-state index in [1.807, 2.05) is 0 Å². The van der Waals surface area contributed by atoms with Crippen molar-refractivity contribution in [2.75, 3.05) is 5.75 Å². The summed E-state index contributed by atoms with van der Waals surface area (Å²) >= 11 is 13.2. The van der Waals surface area contributed by atoms with Crippen molar-refractivity contribution in [1.29, 1.82) is 0 Å². The molecule has 0 bridgehead atoms. The van der Waals surface area contributed by atoms with E-state index in [2.05, 4.69) is 10.1 Å². The van der Waals surface area contributed by atoms with E-state index in [1.165, 1.54) is 12.1 Å². The summed E-state index contributed by atoms with van der Waals surface area (Å²) in [4.78, 5) is 17.1.